The lowest BCUT2D eigenvalue weighted by Gasteiger charge is -2.60. The Labute approximate surface area is 181 Å². The molecule has 1 heteroatoms. The number of hydrogen-bond donors (Lipinski definition) is 1. The van der Waals surface area contributed by atoms with Gasteiger partial charge in [-0.15, -0.1) is 0 Å². The molecule has 0 heterocycles. The van der Waals surface area contributed by atoms with E-state index in [1.165, 1.54) is 51.4 Å². The second-order valence-corrected chi connectivity index (χ2v) is 12.7. The van der Waals surface area contributed by atoms with E-state index in [4.69, 9.17) is 0 Å². The van der Waals surface area contributed by atoms with Gasteiger partial charge in [0.05, 0.1) is 6.10 Å². The molecule has 1 nitrogen and oxygen atoms in total. The predicted octanol–water partition coefficient (Wildman–Crippen LogP) is 7.63. The van der Waals surface area contributed by atoms with Gasteiger partial charge in [-0.25, -0.2) is 0 Å². The number of aliphatic hydroxyl groups excluding tert-OH is 1. The lowest BCUT2D eigenvalue weighted by Crippen LogP contribution is -2.52. The molecule has 1 N–H and O–H groups in total. The highest BCUT2D eigenvalue weighted by Crippen LogP contribution is 2.66. The van der Waals surface area contributed by atoms with Crippen molar-refractivity contribution in [3.05, 3.63) is 11.6 Å². The zero-order valence-corrected chi connectivity index (χ0v) is 20.2. The molecule has 29 heavy (non-hydrogen) atoms. The maximum absolute atomic E-state index is 10.3. The van der Waals surface area contributed by atoms with Crippen LogP contribution in [-0.4, -0.2) is 11.2 Å². The van der Waals surface area contributed by atoms with Gasteiger partial charge in [-0.05, 0) is 104 Å². The van der Waals surface area contributed by atoms with Crippen LogP contribution >= 0.6 is 0 Å². The first-order chi connectivity index (χ1) is 13.7. The van der Waals surface area contributed by atoms with Crippen LogP contribution in [0.3, 0.4) is 0 Å². The molecule has 166 valence electrons. The largest absolute Gasteiger partial charge is 0.393 e. The monoisotopic (exact) mass is 400 g/mol. The minimum absolute atomic E-state index is 0.0253. The second kappa shape index (κ2) is 7.99. The smallest absolute Gasteiger partial charge is 0.0543 e. The number of fused-ring (bicyclic) bond motifs is 5. The summed E-state index contributed by atoms with van der Waals surface area (Å²) in [5.74, 6) is 5.88. The number of aliphatic hydroxyl groups is 1. The molecule has 9 atom stereocenters. The fourth-order valence-electron chi connectivity index (χ4n) is 8.52. The topological polar surface area (TPSA) is 20.2 Å². The van der Waals surface area contributed by atoms with E-state index >= 15 is 0 Å². The third-order valence-corrected chi connectivity index (χ3v) is 11.0. The van der Waals surface area contributed by atoms with Crippen LogP contribution in [0.1, 0.15) is 106 Å². The third-order valence-electron chi connectivity index (χ3n) is 11.0. The molecule has 0 amide bonds. The number of rotatable bonds is 5. The summed E-state index contributed by atoms with van der Waals surface area (Å²) < 4.78 is 0. The molecule has 3 saturated carbocycles. The average Bonchev–Trinajstić information content (AvgIpc) is 3.03. The van der Waals surface area contributed by atoms with Gasteiger partial charge < -0.3 is 5.11 Å². The zero-order valence-electron chi connectivity index (χ0n) is 20.2. The SMILES string of the molecule is CC(C)[C@@H](C)CC[C@@H](C)[C@@H]1CC=C2[C@@H]3CC[C@H]4C[C@H](O)CC[C@]4(C)[C@H]3CC[C@@]21C. The summed E-state index contributed by atoms with van der Waals surface area (Å²) in [6.07, 6.45) is 15.8. The predicted molar refractivity (Wildman–Crippen MR) is 124 cm³/mol. The van der Waals surface area contributed by atoms with Crippen LogP contribution in [0, 0.1) is 52.3 Å². The van der Waals surface area contributed by atoms with Crippen molar-refractivity contribution in [2.45, 2.75) is 112 Å². The van der Waals surface area contributed by atoms with Gasteiger partial charge in [0.15, 0.2) is 0 Å². The Morgan fingerprint density at radius 3 is 2.48 bits per heavy atom. The van der Waals surface area contributed by atoms with Gasteiger partial charge in [0.2, 0.25) is 0 Å². The standard InChI is InChI=1S/C28H48O/c1-18(2)19(3)7-8-20(4)24-11-12-25-23-10-9-21-17-22(29)13-15-27(21,5)26(23)14-16-28(24,25)6/h12,18-24,26,29H,7-11,13-17H2,1-6H3/t19-,20+,21-,22+,23-,24-,26-,27-,28+/m0/s1. The Balaban J connectivity index is 1.47. The molecule has 0 radical (unpaired) electrons. The number of hydrogen-bond acceptors (Lipinski definition) is 1. The van der Waals surface area contributed by atoms with Crippen molar-refractivity contribution in [3.63, 3.8) is 0 Å². The van der Waals surface area contributed by atoms with Crippen LogP contribution in [0.2, 0.25) is 0 Å². The normalized spacial score (nSPS) is 46.5. The van der Waals surface area contributed by atoms with Crippen LogP contribution in [-0.2, 0) is 0 Å². The lowest BCUT2D eigenvalue weighted by molar-refractivity contribution is -0.0860. The summed E-state index contributed by atoms with van der Waals surface area (Å²) in [5, 5.41) is 10.3. The summed E-state index contributed by atoms with van der Waals surface area (Å²) in [5.41, 5.74) is 2.84. The van der Waals surface area contributed by atoms with Gasteiger partial charge in [0, 0.05) is 0 Å². The van der Waals surface area contributed by atoms with Crippen LogP contribution in [0.5, 0.6) is 0 Å². The lowest BCUT2D eigenvalue weighted by atomic mass is 9.45. The van der Waals surface area contributed by atoms with E-state index in [9.17, 15) is 5.11 Å². The highest BCUT2D eigenvalue weighted by Gasteiger charge is 2.57. The van der Waals surface area contributed by atoms with Crippen molar-refractivity contribution in [1.29, 1.82) is 0 Å². The molecule has 0 aromatic heterocycles. The quantitative estimate of drug-likeness (QED) is 0.470. The van der Waals surface area contributed by atoms with Crippen molar-refractivity contribution >= 4 is 0 Å². The van der Waals surface area contributed by atoms with Crippen molar-refractivity contribution in [2.75, 3.05) is 0 Å². The summed E-state index contributed by atoms with van der Waals surface area (Å²) >= 11 is 0. The maximum atomic E-state index is 10.3. The van der Waals surface area contributed by atoms with E-state index in [0.29, 0.717) is 10.8 Å². The Bertz CT molecular complexity index is 620. The minimum atomic E-state index is -0.0253. The molecule has 0 bridgehead atoms. The van der Waals surface area contributed by atoms with Gasteiger partial charge in [0.25, 0.3) is 0 Å². The Morgan fingerprint density at radius 1 is 1.00 bits per heavy atom. The summed E-state index contributed by atoms with van der Waals surface area (Å²) in [6.45, 7) is 15.0. The minimum Gasteiger partial charge on any atom is -0.393 e. The highest BCUT2D eigenvalue weighted by molar-refractivity contribution is 5.30. The molecule has 0 unspecified atom stereocenters. The summed E-state index contributed by atoms with van der Waals surface area (Å²) in [7, 11) is 0. The maximum Gasteiger partial charge on any atom is 0.0543 e. The van der Waals surface area contributed by atoms with Gasteiger partial charge >= 0.3 is 0 Å². The fraction of sp³-hybridized carbons (Fsp3) is 0.929. The molecular weight excluding hydrogens is 352 g/mol. The Kier molecular flexibility index (Phi) is 6.04. The molecular formula is C28H48O. The summed E-state index contributed by atoms with van der Waals surface area (Å²) in [6, 6.07) is 0. The first-order valence-corrected chi connectivity index (χ1v) is 13.1. The van der Waals surface area contributed by atoms with Crippen LogP contribution in [0.4, 0.5) is 0 Å². The zero-order chi connectivity index (χ0) is 21.0. The molecule has 0 aromatic carbocycles. The van der Waals surface area contributed by atoms with Gasteiger partial charge in [-0.3, -0.25) is 0 Å². The van der Waals surface area contributed by atoms with E-state index in [2.05, 4.69) is 47.6 Å². The second-order valence-electron chi connectivity index (χ2n) is 12.7. The molecule has 0 saturated heterocycles. The van der Waals surface area contributed by atoms with Crippen molar-refractivity contribution in [1.82, 2.24) is 0 Å². The first kappa shape index (κ1) is 21.9. The van der Waals surface area contributed by atoms with Gasteiger partial charge in [-0.1, -0.05) is 66.0 Å². The molecule has 0 aliphatic heterocycles. The molecule has 3 fully saturated rings. The Hall–Kier alpha value is -0.300. The van der Waals surface area contributed by atoms with Gasteiger partial charge in [0.1, 0.15) is 0 Å². The van der Waals surface area contributed by atoms with Crippen LogP contribution < -0.4 is 0 Å². The molecule has 0 spiro atoms. The van der Waals surface area contributed by atoms with E-state index in [1.807, 2.05) is 5.57 Å². The van der Waals surface area contributed by atoms with E-state index in [-0.39, 0.29) is 6.10 Å². The molecule has 4 aliphatic rings. The molecule has 4 rings (SSSR count). The van der Waals surface area contributed by atoms with Crippen molar-refractivity contribution < 1.29 is 5.11 Å². The van der Waals surface area contributed by atoms with Crippen LogP contribution in [0.25, 0.3) is 0 Å². The molecule has 4 aliphatic carbocycles. The van der Waals surface area contributed by atoms with Crippen molar-refractivity contribution in [3.8, 4) is 0 Å². The molecule has 0 aromatic rings. The van der Waals surface area contributed by atoms with Crippen molar-refractivity contribution in [2.24, 2.45) is 52.3 Å². The Morgan fingerprint density at radius 2 is 1.76 bits per heavy atom. The van der Waals surface area contributed by atoms with E-state index in [1.54, 1.807) is 0 Å². The average molecular weight is 401 g/mol. The fourth-order valence-corrected chi connectivity index (χ4v) is 8.52. The summed E-state index contributed by atoms with van der Waals surface area (Å²) in [4.78, 5) is 0. The first-order valence-electron chi connectivity index (χ1n) is 13.1. The van der Waals surface area contributed by atoms with Gasteiger partial charge in [-0.2, -0.15) is 0 Å². The van der Waals surface area contributed by atoms with E-state index < -0.39 is 0 Å². The van der Waals surface area contributed by atoms with E-state index in [0.717, 1.165) is 54.3 Å². The number of allylic oxidation sites excluding steroid dienone is 2. The third kappa shape index (κ3) is 3.66. The van der Waals surface area contributed by atoms with Crippen LogP contribution in [0.15, 0.2) is 11.6 Å². The highest BCUT2D eigenvalue weighted by atomic mass is 16.3.